The molecular weight excluding hydrogens is 480 g/mol. The molecule has 0 N–H and O–H groups in total. The SMILES string of the molecule is [Bi+3].c1ccc([I+]c2ccccc2)cc1. The van der Waals surface area contributed by atoms with Crippen molar-refractivity contribution in [2.24, 2.45) is 0 Å². The van der Waals surface area contributed by atoms with Crippen LogP contribution >= 0.6 is 0 Å². The van der Waals surface area contributed by atoms with E-state index < -0.39 is 0 Å². The van der Waals surface area contributed by atoms with Crippen LogP contribution in [0.15, 0.2) is 60.7 Å². The molecule has 14 heavy (non-hydrogen) atoms. The summed E-state index contributed by atoms with van der Waals surface area (Å²) in [7, 11) is 0. The fourth-order valence-electron chi connectivity index (χ4n) is 1.08. The van der Waals surface area contributed by atoms with E-state index >= 15 is 0 Å². The smallest absolute Gasteiger partial charge is 0.0619 e. The summed E-state index contributed by atoms with van der Waals surface area (Å²) in [4.78, 5) is 0. The van der Waals surface area contributed by atoms with Crippen LogP contribution in [0.25, 0.3) is 0 Å². The van der Waals surface area contributed by atoms with Gasteiger partial charge >= 0.3 is 47.4 Å². The summed E-state index contributed by atoms with van der Waals surface area (Å²) in [5.74, 6) is 0. The van der Waals surface area contributed by atoms with Crippen LogP contribution in [0.1, 0.15) is 0 Å². The van der Waals surface area contributed by atoms with Gasteiger partial charge in [-0.2, -0.15) is 0 Å². The molecule has 2 aromatic rings. The van der Waals surface area contributed by atoms with Crippen molar-refractivity contribution in [3.63, 3.8) is 0 Å². The van der Waals surface area contributed by atoms with Gasteiger partial charge in [-0.05, 0) is 24.3 Å². The van der Waals surface area contributed by atoms with E-state index in [0.717, 1.165) is 0 Å². The standard InChI is InChI=1S/C12H10I.Bi/c1-3-7-11(8-4-1)13-12-9-5-2-6-10-12;/h1-10H;/q+1;+3. The van der Waals surface area contributed by atoms with Gasteiger partial charge in [0.05, 0.1) is 0 Å². The Morgan fingerprint density at radius 2 is 0.929 bits per heavy atom. The normalized spacial score (nSPS) is 9.14. The van der Waals surface area contributed by atoms with Crippen LogP contribution in [0.3, 0.4) is 0 Å². The maximum atomic E-state index is 2.21. The van der Waals surface area contributed by atoms with Crippen molar-refractivity contribution in [1.82, 2.24) is 0 Å². The average Bonchev–Trinajstić information content (AvgIpc) is 2.21. The third-order valence-corrected chi connectivity index (χ3v) is 4.37. The predicted octanol–water partition coefficient (Wildman–Crippen LogP) is -0.566. The van der Waals surface area contributed by atoms with Crippen molar-refractivity contribution < 1.29 is 21.2 Å². The topological polar surface area (TPSA) is 0 Å². The summed E-state index contributed by atoms with van der Waals surface area (Å²) in [6, 6.07) is 21.4. The summed E-state index contributed by atoms with van der Waals surface area (Å²) < 4.78 is 2.96. The van der Waals surface area contributed by atoms with Crippen LogP contribution in [0.5, 0.6) is 0 Å². The minimum atomic E-state index is 0. The Hall–Kier alpha value is 0.0531. The fraction of sp³-hybridized carbons (Fsp3) is 0. The van der Waals surface area contributed by atoms with Crippen molar-refractivity contribution in [2.45, 2.75) is 0 Å². The number of benzene rings is 2. The quantitative estimate of drug-likeness (QED) is 0.392. The predicted molar refractivity (Wildman–Crippen MR) is 56.0 cm³/mol. The maximum Gasteiger partial charge on any atom is 3.00 e. The first-order valence-electron chi connectivity index (χ1n) is 4.20. The third-order valence-electron chi connectivity index (χ3n) is 1.68. The van der Waals surface area contributed by atoms with E-state index in [4.69, 9.17) is 0 Å². The van der Waals surface area contributed by atoms with Gasteiger partial charge in [0.15, 0.2) is 7.14 Å². The largest absolute Gasteiger partial charge is 3.00 e. The monoisotopic (exact) mass is 490 g/mol. The first kappa shape index (κ1) is 12.1. The summed E-state index contributed by atoms with van der Waals surface area (Å²) >= 11 is 0.0287. The van der Waals surface area contributed by atoms with Crippen molar-refractivity contribution in [1.29, 1.82) is 0 Å². The maximum absolute atomic E-state index is 2.21. The third kappa shape index (κ3) is 3.66. The summed E-state index contributed by atoms with van der Waals surface area (Å²) in [6.45, 7) is 0. The van der Waals surface area contributed by atoms with Gasteiger partial charge in [0.1, 0.15) is 0 Å². The molecule has 66 valence electrons. The molecule has 0 aliphatic rings. The molecule has 0 spiro atoms. The summed E-state index contributed by atoms with van der Waals surface area (Å²) in [5.41, 5.74) is 0. The summed E-state index contributed by atoms with van der Waals surface area (Å²) in [5, 5.41) is 0. The number of hydrogen-bond donors (Lipinski definition) is 0. The van der Waals surface area contributed by atoms with E-state index in [9.17, 15) is 0 Å². The van der Waals surface area contributed by atoms with Gasteiger partial charge in [0.25, 0.3) is 0 Å². The number of rotatable bonds is 2. The van der Waals surface area contributed by atoms with Crippen molar-refractivity contribution >= 4 is 26.2 Å². The Kier molecular flexibility index (Phi) is 5.65. The minimum absolute atomic E-state index is 0. The van der Waals surface area contributed by atoms with E-state index in [-0.39, 0.29) is 47.4 Å². The van der Waals surface area contributed by atoms with Gasteiger partial charge in [-0.3, -0.25) is 0 Å². The Labute approximate surface area is 114 Å². The molecule has 0 bridgehead atoms. The molecule has 0 amide bonds. The van der Waals surface area contributed by atoms with Crippen LogP contribution < -0.4 is 21.2 Å². The van der Waals surface area contributed by atoms with Gasteiger partial charge in [0, 0.05) is 0 Å². The Morgan fingerprint density at radius 3 is 1.29 bits per heavy atom. The molecule has 0 atom stereocenters. The van der Waals surface area contributed by atoms with E-state index in [0.29, 0.717) is 0 Å². The van der Waals surface area contributed by atoms with Gasteiger partial charge in [0.2, 0.25) is 0 Å². The van der Waals surface area contributed by atoms with E-state index in [1.54, 1.807) is 0 Å². The molecule has 2 radical (unpaired) electrons. The van der Waals surface area contributed by atoms with Gasteiger partial charge in [-0.1, -0.05) is 36.4 Å². The van der Waals surface area contributed by atoms with Crippen molar-refractivity contribution in [3.8, 4) is 0 Å². The van der Waals surface area contributed by atoms with Gasteiger partial charge in [-0.15, -0.1) is 0 Å². The van der Waals surface area contributed by atoms with E-state index in [1.807, 2.05) is 0 Å². The molecule has 2 aromatic carbocycles. The first-order valence-corrected chi connectivity index (χ1v) is 6.36. The van der Waals surface area contributed by atoms with E-state index in [2.05, 4.69) is 60.7 Å². The second-order valence-corrected chi connectivity index (χ2v) is 5.72. The molecule has 0 nitrogen and oxygen atoms in total. The molecule has 0 aliphatic heterocycles. The van der Waals surface area contributed by atoms with Crippen LogP contribution in [-0.4, -0.2) is 26.2 Å². The zero-order chi connectivity index (χ0) is 8.93. The Balaban J connectivity index is 0.000000980. The Bertz CT molecular complexity index is 321. The average molecular weight is 490 g/mol. The van der Waals surface area contributed by atoms with Gasteiger partial charge < -0.3 is 0 Å². The van der Waals surface area contributed by atoms with Crippen molar-refractivity contribution in [2.75, 3.05) is 0 Å². The summed E-state index contributed by atoms with van der Waals surface area (Å²) in [6.07, 6.45) is 0. The molecule has 0 saturated heterocycles. The zero-order valence-electron chi connectivity index (χ0n) is 7.60. The zero-order valence-corrected chi connectivity index (χ0v) is 13.2. The molecule has 2 heteroatoms. The van der Waals surface area contributed by atoms with Crippen LogP contribution in [0.2, 0.25) is 0 Å². The molecule has 0 aliphatic carbocycles. The second kappa shape index (κ2) is 6.52. The molecule has 0 heterocycles. The molecule has 0 fully saturated rings. The molecule has 2 rings (SSSR count). The molecule has 0 saturated carbocycles. The molecular formula is C12H10BiI+4. The molecule has 0 aromatic heterocycles. The van der Waals surface area contributed by atoms with Crippen molar-refractivity contribution in [3.05, 3.63) is 67.8 Å². The minimum Gasteiger partial charge on any atom is -0.0619 e. The second-order valence-electron chi connectivity index (χ2n) is 2.69. The van der Waals surface area contributed by atoms with Crippen LogP contribution in [0.4, 0.5) is 0 Å². The van der Waals surface area contributed by atoms with Crippen LogP contribution in [-0.2, 0) is 0 Å². The first-order chi connectivity index (χ1) is 6.45. The Morgan fingerprint density at radius 1 is 0.571 bits per heavy atom. The van der Waals surface area contributed by atoms with Crippen LogP contribution in [0, 0.1) is 7.14 Å². The fourth-order valence-corrected chi connectivity index (χ4v) is 3.35. The molecule has 0 unspecified atom stereocenters. The number of hydrogen-bond acceptors (Lipinski definition) is 0. The number of halogens is 1. The van der Waals surface area contributed by atoms with Gasteiger partial charge in [-0.25, -0.2) is 0 Å². The van der Waals surface area contributed by atoms with E-state index in [1.165, 1.54) is 7.14 Å².